The molecule has 0 aromatic heterocycles. The number of benzene rings is 2. The van der Waals surface area contributed by atoms with Crippen molar-refractivity contribution >= 4 is 17.1 Å². The molecule has 2 aromatic rings. The van der Waals surface area contributed by atoms with E-state index in [-0.39, 0.29) is 16.9 Å². The molecule has 0 amide bonds. The summed E-state index contributed by atoms with van der Waals surface area (Å²) < 4.78 is 26.9. The zero-order chi connectivity index (χ0) is 14.7. The van der Waals surface area contributed by atoms with Crippen molar-refractivity contribution in [3.05, 3.63) is 63.7 Å². The molecule has 5 nitrogen and oxygen atoms in total. The predicted molar refractivity (Wildman–Crippen MR) is 67.5 cm³/mol. The highest BCUT2D eigenvalue weighted by atomic mass is 19.1. The molecular weight excluding hydrogens is 268 g/mol. The maximum Gasteiger partial charge on any atom is 0.274 e. The Bertz CT molecular complexity index is 726. The summed E-state index contributed by atoms with van der Waals surface area (Å²) in [5.41, 5.74) is -0.274. The molecule has 0 atom stereocenters. The summed E-state index contributed by atoms with van der Waals surface area (Å²) in [4.78, 5) is 9.86. The van der Waals surface area contributed by atoms with Crippen molar-refractivity contribution in [2.75, 3.05) is 5.32 Å². The minimum Gasteiger partial charge on any atom is -0.353 e. The highest BCUT2D eigenvalue weighted by Crippen LogP contribution is 2.25. The number of halogens is 2. The van der Waals surface area contributed by atoms with Crippen LogP contribution in [0.15, 0.2) is 36.4 Å². The van der Waals surface area contributed by atoms with Gasteiger partial charge in [0.25, 0.3) is 5.69 Å². The van der Waals surface area contributed by atoms with Crippen LogP contribution in [0.25, 0.3) is 0 Å². The van der Waals surface area contributed by atoms with Crippen molar-refractivity contribution in [2.24, 2.45) is 0 Å². The molecule has 1 N–H and O–H groups in total. The SMILES string of the molecule is N#Cc1ccc(Nc2cc(F)cc([N+](=O)[O-])c2)c(F)c1. The van der Waals surface area contributed by atoms with Gasteiger partial charge in [0.15, 0.2) is 0 Å². The molecule has 20 heavy (non-hydrogen) atoms. The second-order valence-electron chi connectivity index (χ2n) is 3.89. The third-order valence-electron chi connectivity index (χ3n) is 2.47. The summed E-state index contributed by atoms with van der Waals surface area (Å²) in [6, 6.07) is 8.31. The first kappa shape index (κ1) is 13.4. The minimum absolute atomic E-state index is 0.0103. The molecule has 0 fully saturated rings. The fourth-order valence-corrected chi connectivity index (χ4v) is 1.59. The highest BCUT2D eigenvalue weighted by molar-refractivity contribution is 5.63. The van der Waals surface area contributed by atoms with Gasteiger partial charge in [-0.15, -0.1) is 0 Å². The summed E-state index contributed by atoms with van der Waals surface area (Å²) in [5.74, 6) is -1.52. The third kappa shape index (κ3) is 2.87. The van der Waals surface area contributed by atoms with Crippen LogP contribution in [-0.4, -0.2) is 4.92 Å². The highest BCUT2D eigenvalue weighted by Gasteiger charge is 2.11. The van der Waals surface area contributed by atoms with Crippen LogP contribution in [0.5, 0.6) is 0 Å². The van der Waals surface area contributed by atoms with Gasteiger partial charge in [0, 0.05) is 11.8 Å². The average Bonchev–Trinajstić information content (AvgIpc) is 2.40. The quantitative estimate of drug-likeness (QED) is 0.687. The third-order valence-corrected chi connectivity index (χ3v) is 2.47. The Morgan fingerprint density at radius 1 is 1.20 bits per heavy atom. The van der Waals surface area contributed by atoms with E-state index in [2.05, 4.69) is 5.32 Å². The number of hydrogen-bond acceptors (Lipinski definition) is 4. The van der Waals surface area contributed by atoms with Gasteiger partial charge in [0.1, 0.15) is 11.6 Å². The number of nitro groups is 1. The number of nitrogens with one attached hydrogen (secondary N) is 1. The van der Waals surface area contributed by atoms with Gasteiger partial charge in [0.2, 0.25) is 0 Å². The van der Waals surface area contributed by atoms with E-state index in [1.54, 1.807) is 6.07 Å². The first-order chi connectivity index (χ1) is 9.49. The first-order valence-electron chi connectivity index (χ1n) is 5.41. The maximum absolute atomic E-state index is 13.6. The van der Waals surface area contributed by atoms with Crippen molar-refractivity contribution in [2.45, 2.75) is 0 Å². The van der Waals surface area contributed by atoms with Crippen LogP contribution in [0.4, 0.5) is 25.8 Å². The molecule has 2 aromatic carbocycles. The molecule has 0 bridgehead atoms. The second kappa shape index (κ2) is 5.32. The summed E-state index contributed by atoms with van der Waals surface area (Å²) in [7, 11) is 0. The Balaban J connectivity index is 2.35. The van der Waals surface area contributed by atoms with Gasteiger partial charge in [-0.2, -0.15) is 5.26 Å². The van der Waals surface area contributed by atoms with Gasteiger partial charge in [-0.1, -0.05) is 0 Å². The second-order valence-corrected chi connectivity index (χ2v) is 3.89. The molecule has 0 aliphatic carbocycles. The van der Waals surface area contributed by atoms with E-state index in [0.29, 0.717) is 0 Å². The number of non-ortho nitro benzene ring substituents is 1. The van der Waals surface area contributed by atoms with E-state index in [1.165, 1.54) is 12.1 Å². The van der Waals surface area contributed by atoms with E-state index >= 15 is 0 Å². The first-order valence-corrected chi connectivity index (χ1v) is 5.41. The Kier molecular flexibility index (Phi) is 3.57. The van der Waals surface area contributed by atoms with Crippen molar-refractivity contribution in [3.63, 3.8) is 0 Å². The van der Waals surface area contributed by atoms with Gasteiger partial charge < -0.3 is 5.32 Å². The van der Waals surface area contributed by atoms with E-state index in [9.17, 15) is 18.9 Å². The fourth-order valence-electron chi connectivity index (χ4n) is 1.59. The average molecular weight is 275 g/mol. The van der Waals surface area contributed by atoms with Gasteiger partial charge in [-0.25, -0.2) is 8.78 Å². The van der Waals surface area contributed by atoms with Crippen LogP contribution in [0.2, 0.25) is 0 Å². The monoisotopic (exact) mass is 275 g/mol. The molecule has 0 unspecified atom stereocenters. The van der Waals surface area contributed by atoms with E-state index in [1.807, 2.05) is 0 Å². The Morgan fingerprint density at radius 3 is 2.55 bits per heavy atom. The van der Waals surface area contributed by atoms with Crippen LogP contribution < -0.4 is 5.32 Å². The van der Waals surface area contributed by atoms with Crippen molar-refractivity contribution in [1.29, 1.82) is 5.26 Å². The summed E-state index contributed by atoms with van der Waals surface area (Å²) in [5, 5.41) is 21.8. The normalized spacial score (nSPS) is 9.85. The Hall–Kier alpha value is -3.01. The molecule has 0 aliphatic rings. The summed E-state index contributed by atoms with van der Waals surface area (Å²) in [6.07, 6.45) is 0. The zero-order valence-corrected chi connectivity index (χ0v) is 9.93. The molecule has 7 heteroatoms. The molecular formula is C13H7F2N3O2. The number of nitro benzene ring substituents is 1. The number of anilines is 2. The lowest BCUT2D eigenvalue weighted by atomic mass is 10.2. The predicted octanol–water partition coefficient (Wildman–Crippen LogP) is 3.49. The van der Waals surface area contributed by atoms with Crippen molar-refractivity contribution in [1.82, 2.24) is 0 Å². The molecule has 100 valence electrons. The van der Waals surface area contributed by atoms with Crippen molar-refractivity contribution in [3.8, 4) is 6.07 Å². The van der Waals surface area contributed by atoms with Crippen LogP contribution in [0, 0.1) is 33.1 Å². The molecule has 0 saturated heterocycles. The number of nitriles is 1. The number of hydrogen-bond donors (Lipinski definition) is 1. The van der Waals surface area contributed by atoms with Gasteiger partial charge in [0.05, 0.1) is 28.3 Å². The molecule has 0 heterocycles. The Labute approximate surface area is 112 Å². The summed E-state index contributed by atoms with van der Waals surface area (Å²) in [6.45, 7) is 0. The smallest absolute Gasteiger partial charge is 0.274 e. The van der Waals surface area contributed by atoms with E-state index < -0.39 is 22.2 Å². The molecule has 0 spiro atoms. The fraction of sp³-hybridized carbons (Fsp3) is 0. The zero-order valence-electron chi connectivity index (χ0n) is 9.93. The van der Waals surface area contributed by atoms with Gasteiger partial charge in [-0.05, 0) is 24.3 Å². The van der Waals surface area contributed by atoms with Crippen LogP contribution in [0.3, 0.4) is 0 Å². The number of rotatable bonds is 3. The molecule has 0 aliphatic heterocycles. The summed E-state index contributed by atoms with van der Waals surface area (Å²) >= 11 is 0. The standard InChI is InChI=1S/C13H7F2N3O2/c14-9-4-10(6-11(5-9)18(19)20)17-13-2-1-8(7-16)3-12(13)15/h1-6,17H. The van der Waals surface area contributed by atoms with E-state index in [4.69, 9.17) is 5.26 Å². The largest absolute Gasteiger partial charge is 0.353 e. The molecule has 0 radical (unpaired) electrons. The van der Waals surface area contributed by atoms with Gasteiger partial charge in [-0.3, -0.25) is 10.1 Å². The molecule has 2 rings (SSSR count). The van der Waals surface area contributed by atoms with Crippen LogP contribution >= 0.6 is 0 Å². The number of nitrogens with zero attached hydrogens (tertiary/aromatic N) is 2. The van der Waals surface area contributed by atoms with Gasteiger partial charge >= 0.3 is 0 Å². The lowest BCUT2D eigenvalue weighted by Gasteiger charge is -2.07. The molecule has 0 saturated carbocycles. The minimum atomic E-state index is -0.809. The van der Waals surface area contributed by atoms with E-state index in [0.717, 1.165) is 24.3 Å². The maximum atomic E-state index is 13.6. The van der Waals surface area contributed by atoms with Crippen LogP contribution in [0.1, 0.15) is 5.56 Å². The lowest BCUT2D eigenvalue weighted by Crippen LogP contribution is -1.97. The topological polar surface area (TPSA) is 79.0 Å². The van der Waals surface area contributed by atoms with Crippen LogP contribution in [-0.2, 0) is 0 Å². The van der Waals surface area contributed by atoms with Crippen molar-refractivity contribution < 1.29 is 13.7 Å². The Morgan fingerprint density at radius 2 is 1.95 bits per heavy atom. The lowest BCUT2D eigenvalue weighted by molar-refractivity contribution is -0.385.